The molecule has 0 aliphatic carbocycles. The number of rotatable bonds is 7. The van der Waals surface area contributed by atoms with Crippen molar-refractivity contribution in [3.8, 4) is 0 Å². The van der Waals surface area contributed by atoms with Crippen LogP contribution in [0.1, 0.15) is 44.7 Å². The van der Waals surface area contributed by atoms with E-state index in [9.17, 15) is 14.4 Å². The highest BCUT2D eigenvalue weighted by atomic mass is 16.6. The number of carbonyl (C=O) groups is 3. The average molecular weight is 563 g/mol. The van der Waals surface area contributed by atoms with Crippen LogP contribution in [0.5, 0.6) is 0 Å². The van der Waals surface area contributed by atoms with E-state index in [0.29, 0.717) is 31.9 Å². The Labute approximate surface area is 242 Å². The number of hydrogen-bond acceptors (Lipinski definition) is 5. The molecular formula is C31H42N6O4. The van der Waals surface area contributed by atoms with Gasteiger partial charge >= 0.3 is 12.1 Å². The van der Waals surface area contributed by atoms with Crippen LogP contribution in [0.15, 0.2) is 54.7 Å². The smallest absolute Gasteiger partial charge is 0.410 e. The number of aromatic nitrogens is 1. The number of nitrogens with zero attached hydrogens (tertiary/aromatic N) is 3. The van der Waals surface area contributed by atoms with Gasteiger partial charge < -0.3 is 35.1 Å². The monoisotopic (exact) mass is 562 g/mol. The molecule has 10 nitrogen and oxygen atoms in total. The number of benzene rings is 2. The molecular weight excluding hydrogens is 520 g/mol. The quantitative estimate of drug-likeness (QED) is 0.390. The summed E-state index contributed by atoms with van der Waals surface area (Å²) in [5.74, 6) is -0.631. The zero-order valence-corrected chi connectivity index (χ0v) is 24.9. The van der Waals surface area contributed by atoms with E-state index in [-0.39, 0.29) is 23.9 Å². The Balaban J connectivity index is 1.51. The number of carbonyl (C=O) groups excluding carboxylic acids is 3. The first kappa shape index (κ1) is 29.9. The van der Waals surface area contributed by atoms with Gasteiger partial charge in [-0.15, -0.1) is 0 Å². The number of nitrogens with one attached hydrogen (secondary N) is 3. The van der Waals surface area contributed by atoms with Crippen molar-refractivity contribution >= 4 is 34.6 Å². The third-order valence-corrected chi connectivity index (χ3v) is 7.09. The van der Waals surface area contributed by atoms with Crippen molar-refractivity contribution in [1.29, 1.82) is 0 Å². The summed E-state index contributed by atoms with van der Waals surface area (Å²) in [6, 6.07) is 14.4. The predicted octanol–water partition coefficient (Wildman–Crippen LogP) is 4.60. The highest BCUT2D eigenvalue weighted by Gasteiger charge is 2.33. The van der Waals surface area contributed by atoms with E-state index >= 15 is 0 Å². The summed E-state index contributed by atoms with van der Waals surface area (Å²) in [5.41, 5.74) is 3.06. The minimum atomic E-state index is -0.844. The van der Waals surface area contributed by atoms with Gasteiger partial charge in [0.05, 0.1) is 0 Å². The van der Waals surface area contributed by atoms with E-state index in [0.717, 1.165) is 28.6 Å². The van der Waals surface area contributed by atoms with Gasteiger partial charge in [0, 0.05) is 61.4 Å². The van der Waals surface area contributed by atoms with Gasteiger partial charge in [-0.3, -0.25) is 4.79 Å². The largest absolute Gasteiger partial charge is 0.444 e. The Kier molecular flexibility index (Phi) is 9.22. The summed E-state index contributed by atoms with van der Waals surface area (Å²) in [6.45, 7) is 9.56. The van der Waals surface area contributed by atoms with E-state index in [4.69, 9.17) is 4.74 Å². The predicted molar refractivity (Wildman–Crippen MR) is 161 cm³/mol. The fraction of sp³-hybridized carbons (Fsp3) is 0.452. The van der Waals surface area contributed by atoms with Gasteiger partial charge in [0.15, 0.2) is 0 Å². The Morgan fingerprint density at radius 3 is 2.37 bits per heavy atom. The first-order valence-corrected chi connectivity index (χ1v) is 14.0. The highest BCUT2D eigenvalue weighted by Crippen LogP contribution is 2.29. The molecule has 0 saturated carbocycles. The van der Waals surface area contributed by atoms with Crippen LogP contribution in [0.2, 0.25) is 0 Å². The molecule has 0 unspecified atom stereocenters. The summed E-state index contributed by atoms with van der Waals surface area (Å²) in [4.78, 5) is 48.3. The van der Waals surface area contributed by atoms with Crippen LogP contribution in [0.25, 0.3) is 10.9 Å². The summed E-state index contributed by atoms with van der Waals surface area (Å²) in [7, 11) is 3.99. The van der Waals surface area contributed by atoms with E-state index in [1.54, 1.807) is 9.80 Å². The number of H-pyrrole nitrogens is 1. The number of aromatic amines is 1. The van der Waals surface area contributed by atoms with Gasteiger partial charge in [0.1, 0.15) is 11.6 Å². The summed E-state index contributed by atoms with van der Waals surface area (Å²) in [5, 5.41) is 7.04. The summed E-state index contributed by atoms with van der Waals surface area (Å²) in [6.07, 6.45) is 1.51. The second-order valence-corrected chi connectivity index (χ2v) is 11.9. The first-order chi connectivity index (χ1) is 19.4. The summed E-state index contributed by atoms with van der Waals surface area (Å²) >= 11 is 0. The number of para-hydroxylation sites is 1. The highest BCUT2D eigenvalue weighted by molar-refractivity contribution is 5.98. The third kappa shape index (κ3) is 7.79. The van der Waals surface area contributed by atoms with Gasteiger partial charge in [-0.2, -0.15) is 0 Å². The maximum atomic E-state index is 13.8. The van der Waals surface area contributed by atoms with Gasteiger partial charge in [0.25, 0.3) is 0 Å². The van der Waals surface area contributed by atoms with Crippen molar-refractivity contribution < 1.29 is 19.1 Å². The molecule has 0 spiro atoms. The first-order valence-electron chi connectivity index (χ1n) is 14.0. The van der Waals surface area contributed by atoms with Crippen LogP contribution >= 0.6 is 0 Å². The van der Waals surface area contributed by atoms with Crippen LogP contribution in [-0.2, 0) is 16.1 Å². The fourth-order valence-electron chi connectivity index (χ4n) is 5.04. The maximum Gasteiger partial charge on any atom is 0.410 e. The molecule has 0 bridgehead atoms. The Morgan fingerprint density at radius 2 is 1.68 bits per heavy atom. The second-order valence-electron chi connectivity index (χ2n) is 11.9. The zero-order chi connectivity index (χ0) is 29.7. The van der Waals surface area contributed by atoms with Crippen molar-refractivity contribution in [2.75, 3.05) is 45.6 Å². The van der Waals surface area contributed by atoms with Crippen molar-refractivity contribution in [3.63, 3.8) is 0 Å². The van der Waals surface area contributed by atoms with Gasteiger partial charge in [0.2, 0.25) is 5.91 Å². The van der Waals surface area contributed by atoms with E-state index in [1.807, 2.05) is 96.5 Å². The van der Waals surface area contributed by atoms with E-state index in [2.05, 4.69) is 20.5 Å². The van der Waals surface area contributed by atoms with Crippen molar-refractivity contribution in [2.24, 2.45) is 0 Å². The SMILES string of the molecule is C[C@@H](c1c[nH]c2ccccc12)[C@@H](NC(=O)N1CCN(C(=O)OC(C)(C)C)CC1)C(=O)Nc1cccc(CN(C)C)c1. The molecule has 220 valence electrons. The van der Waals surface area contributed by atoms with Crippen LogP contribution in [0.4, 0.5) is 15.3 Å². The standard InChI is InChI=1S/C31H42N6O4/c1-21(25-19-32-26-13-8-7-12-24(25)26)27(28(38)33-23-11-9-10-22(18-23)20-35(5)6)34-29(39)36-14-16-37(17-15-36)30(40)41-31(2,3)4/h7-13,18-19,21,27,32H,14-17,20H2,1-6H3,(H,33,38)(H,34,39)/t21-,27+/m0/s1. The molecule has 41 heavy (non-hydrogen) atoms. The molecule has 2 atom stereocenters. The molecule has 3 aromatic rings. The third-order valence-electron chi connectivity index (χ3n) is 7.09. The van der Waals surface area contributed by atoms with Crippen LogP contribution in [-0.4, -0.2) is 89.6 Å². The van der Waals surface area contributed by atoms with E-state index in [1.165, 1.54) is 0 Å². The molecule has 2 heterocycles. The number of hydrogen-bond donors (Lipinski definition) is 3. The number of amides is 4. The van der Waals surface area contributed by atoms with Gasteiger partial charge in [-0.05, 0) is 64.2 Å². The molecule has 2 aromatic carbocycles. The lowest BCUT2D eigenvalue weighted by Gasteiger charge is -2.36. The van der Waals surface area contributed by atoms with E-state index < -0.39 is 11.6 Å². The maximum absolute atomic E-state index is 13.8. The molecule has 4 amide bonds. The summed E-state index contributed by atoms with van der Waals surface area (Å²) < 4.78 is 5.47. The average Bonchev–Trinajstić information content (AvgIpc) is 3.34. The zero-order valence-electron chi connectivity index (χ0n) is 24.9. The van der Waals surface area contributed by atoms with Gasteiger partial charge in [-0.1, -0.05) is 37.3 Å². The molecule has 1 aliphatic heterocycles. The van der Waals surface area contributed by atoms with Crippen molar-refractivity contribution in [2.45, 2.75) is 51.8 Å². The number of anilines is 1. The topological polar surface area (TPSA) is 110 Å². The van der Waals surface area contributed by atoms with Crippen molar-refractivity contribution in [3.05, 3.63) is 65.9 Å². The Bertz CT molecular complexity index is 1370. The molecule has 1 fully saturated rings. The lowest BCUT2D eigenvalue weighted by atomic mass is 9.92. The minimum absolute atomic E-state index is 0.300. The molecule has 0 radical (unpaired) electrons. The molecule has 1 aromatic heterocycles. The molecule has 3 N–H and O–H groups in total. The minimum Gasteiger partial charge on any atom is -0.444 e. The van der Waals surface area contributed by atoms with Crippen LogP contribution in [0.3, 0.4) is 0 Å². The number of fused-ring (bicyclic) bond motifs is 1. The number of piperazine rings is 1. The molecule has 4 rings (SSSR count). The fourth-order valence-corrected chi connectivity index (χ4v) is 5.04. The van der Waals surface area contributed by atoms with Crippen LogP contribution < -0.4 is 10.6 Å². The lowest BCUT2D eigenvalue weighted by molar-refractivity contribution is -0.118. The lowest BCUT2D eigenvalue weighted by Crippen LogP contribution is -2.57. The molecule has 1 aliphatic rings. The van der Waals surface area contributed by atoms with Crippen molar-refractivity contribution in [1.82, 2.24) is 25.0 Å². The Morgan fingerprint density at radius 1 is 1.00 bits per heavy atom. The second kappa shape index (κ2) is 12.6. The molecule has 10 heteroatoms. The van der Waals surface area contributed by atoms with Gasteiger partial charge in [-0.25, -0.2) is 9.59 Å². The Hall–Kier alpha value is -4.05. The number of ether oxygens (including phenoxy) is 1. The number of urea groups is 1. The molecule has 1 saturated heterocycles. The normalized spacial score (nSPS) is 15.5. The van der Waals surface area contributed by atoms with Crippen LogP contribution in [0, 0.1) is 0 Å².